The lowest BCUT2D eigenvalue weighted by molar-refractivity contribution is -0.114. The highest BCUT2D eigenvalue weighted by Crippen LogP contribution is 2.13. The molecule has 2 aromatic rings. The molecule has 0 aromatic heterocycles. The van der Waals surface area contributed by atoms with Crippen molar-refractivity contribution in [3.05, 3.63) is 48.5 Å². The van der Waals surface area contributed by atoms with E-state index in [-0.39, 0.29) is 17.4 Å². The summed E-state index contributed by atoms with van der Waals surface area (Å²) < 4.78 is 0. The van der Waals surface area contributed by atoms with Gasteiger partial charge in [-0.25, -0.2) is 0 Å². The van der Waals surface area contributed by atoms with Crippen LogP contribution in [0.15, 0.2) is 48.5 Å². The van der Waals surface area contributed by atoms with Gasteiger partial charge in [-0.3, -0.25) is 4.79 Å². The predicted molar refractivity (Wildman–Crippen MR) is 74.9 cm³/mol. The maximum Gasteiger partial charge on any atom is 0.221 e. The molecule has 1 amide bonds. The van der Waals surface area contributed by atoms with E-state index in [4.69, 9.17) is 15.9 Å². The van der Waals surface area contributed by atoms with Crippen LogP contribution in [0.2, 0.25) is 0 Å². The molecule has 2 rings (SSSR count). The molecule has 19 heavy (non-hydrogen) atoms. The largest absolute Gasteiger partial charge is 0.508 e. The summed E-state index contributed by atoms with van der Waals surface area (Å²) in [6, 6.07) is 12.7. The number of carbonyl (C=O) groups excluding carboxylic acids is 1. The van der Waals surface area contributed by atoms with Gasteiger partial charge in [0.2, 0.25) is 5.91 Å². The third-order valence-corrected chi connectivity index (χ3v) is 2.08. The molecule has 100 valence electrons. The van der Waals surface area contributed by atoms with Gasteiger partial charge in [-0.1, -0.05) is 0 Å². The number of aromatic hydroxyl groups is 2. The quantitative estimate of drug-likeness (QED) is 0.467. The molecule has 0 aliphatic rings. The van der Waals surface area contributed by atoms with Crippen LogP contribution in [-0.4, -0.2) is 16.1 Å². The average Bonchev–Trinajstić information content (AvgIpc) is 2.36. The van der Waals surface area contributed by atoms with Crippen molar-refractivity contribution in [3.8, 4) is 11.5 Å². The molecule has 0 aliphatic carbocycles. The van der Waals surface area contributed by atoms with Crippen LogP contribution in [0.4, 0.5) is 11.4 Å². The van der Waals surface area contributed by atoms with E-state index in [0.29, 0.717) is 11.4 Å². The van der Waals surface area contributed by atoms with E-state index in [1.165, 1.54) is 19.1 Å². The van der Waals surface area contributed by atoms with Crippen LogP contribution in [0.25, 0.3) is 0 Å². The van der Waals surface area contributed by atoms with Crippen LogP contribution in [-0.2, 0) is 4.79 Å². The molecule has 0 spiro atoms. The molecule has 0 bridgehead atoms. The first-order valence-electron chi connectivity index (χ1n) is 5.58. The average molecular weight is 260 g/mol. The fraction of sp³-hybridized carbons (Fsp3) is 0.0714. The number of nitrogens with one attached hydrogen (secondary N) is 1. The zero-order valence-corrected chi connectivity index (χ0v) is 10.5. The summed E-state index contributed by atoms with van der Waals surface area (Å²) in [4.78, 5) is 10.5. The number of hydrogen-bond acceptors (Lipinski definition) is 4. The number of hydrogen-bond donors (Lipinski definition) is 4. The fourth-order valence-electron chi connectivity index (χ4n) is 1.22. The summed E-state index contributed by atoms with van der Waals surface area (Å²) in [6.07, 6.45) is 0. The Labute approximate surface area is 111 Å². The predicted octanol–water partition coefficient (Wildman–Crippen LogP) is 2.33. The van der Waals surface area contributed by atoms with E-state index in [1.54, 1.807) is 36.4 Å². The Balaban J connectivity index is 0.000000200. The molecule has 0 unspecified atom stereocenters. The molecule has 5 heteroatoms. The molecule has 0 radical (unpaired) electrons. The first kappa shape index (κ1) is 14.4. The second kappa shape index (κ2) is 6.90. The normalized spacial score (nSPS) is 9.11. The van der Waals surface area contributed by atoms with Crippen LogP contribution in [0.1, 0.15) is 6.92 Å². The Morgan fingerprint density at radius 3 is 1.74 bits per heavy atom. The molecule has 5 N–H and O–H groups in total. The minimum absolute atomic E-state index is 0.115. The lowest BCUT2D eigenvalue weighted by atomic mass is 10.3. The van der Waals surface area contributed by atoms with Gasteiger partial charge in [-0.2, -0.15) is 0 Å². The van der Waals surface area contributed by atoms with Gasteiger partial charge < -0.3 is 21.3 Å². The van der Waals surface area contributed by atoms with Crippen molar-refractivity contribution < 1.29 is 15.0 Å². The number of amides is 1. The number of nitrogens with two attached hydrogens (primary N) is 1. The molecule has 0 saturated heterocycles. The maximum atomic E-state index is 10.5. The number of carbonyl (C=O) groups is 1. The third-order valence-electron chi connectivity index (χ3n) is 2.08. The zero-order chi connectivity index (χ0) is 14.3. The van der Waals surface area contributed by atoms with Crippen LogP contribution in [0.5, 0.6) is 11.5 Å². The molecule has 0 aliphatic heterocycles. The number of rotatable bonds is 1. The second-order valence-corrected chi connectivity index (χ2v) is 3.82. The lowest BCUT2D eigenvalue weighted by Gasteiger charge is -1.99. The van der Waals surface area contributed by atoms with E-state index >= 15 is 0 Å². The van der Waals surface area contributed by atoms with Gasteiger partial charge in [0, 0.05) is 18.3 Å². The molecule has 2 aromatic carbocycles. The molecule has 0 atom stereocenters. The number of phenolic OH excluding ortho intramolecular Hbond substituents is 2. The first-order valence-corrected chi connectivity index (χ1v) is 5.58. The highest BCUT2D eigenvalue weighted by Gasteiger charge is 1.93. The van der Waals surface area contributed by atoms with Crippen molar-refractivity contribution in [2.45, 2.75) is 6.92 Å². The van der Waals surface area contributed by atoms with Gasteiger partial charge in [0.1, 0.15) is 11.5 Å². The van der Waals surface area contributed by atoms with Crippen molar-refractivity contribution in [1.82, 2.24) is 0 Å². The number of phenols is 2. The van der Waals surface area contributed by atoms with Gasteiger partial charge in [-0.15, -0.1) is 0 Å². The minimum atomic E-state index is -0.115. The molecular formula is C14H16N2O3. The summed E-state index contributed by atoms with van der Waals surface area (Å²) in [5.41, 5.74) is 6.67. The van der Waals surface area contributed by atoms with Crippen molar-refractivity contribution in [2.24, 2.45) is 0 Å². The van der Waals surface area contributed by atoms with Gasteiger partial charge in [0.25, 0.3) is 0 Å². The number of anilines is 2. The lowest BCUT2D eigenvalue weighted by Crippen LogP contribution is -2.04. The molecule has 0 fully saturated rings. The van der Waals surface area contributed by atoms with Gasteiger partial charge in [0.05, 0.1) is 0 Å². The Hall–Kier alpha value is -2.69. The molecule has 0 saturated carbocycles. The topological polar surface area (TPSA) is 95.6 Å². The molecular weight excluding hydrogens is 244 g/mol. The third kappa shape index (κ3) is 5.97. The summed E-state index contributed by atoms with van der Waals surface area (Å²) in [6.45, 7) is 1.44. The number of nitrogen functional groups attached to an aromatic ring is 1. The van der Waals surface area contributed by atoms with Gasteiger partial charge >= 0.3 is 0 Å². The summed E-state index contributed by atoms with van der Waals surface area (Å²) >= 11 is 0. The van der Waals surface area contributed by atoms with E-state index in [1.807, 2.05) is 0 Å². The maximum absolute atomic E-state index is 10.5. The van der Waals surface area contributed by atoms with E-state index < -0.39 is 0 Å². The van der Waals surface area contributed by atoms with E-state index in [0.717, 1.165) is 0 Å². The van der Waals surface area contributed by atoms with E-state index in [2.05, 4.69) is 5.32 Å². The minimum Gasteiger partial charge on any atom is -0.508 e. The van der Waals surface area contributed by atoms with Crippen molar-refractivity contribution in [2.75, 3.05) is 11.1 Å². The zero-order valence-electron chi connectivity index (χ0n) is 10.5. The first-order chi connectivity index (χ1) is 8.97. The highest BCUT2D eigenvalue weighted by molar-refractivity contribution is 5.88. The van der Waals surface area contributed by atoms with Gasteiger partial charge in [-0.05, 0) is 48.5 Å². The fourth-order valence-corrected chi connectivity index (χ4v) is 1.22. The van der Waals surface area contributed by atoms with Crippen LogP contribution >= 0.6 is 0 Å². The molecule has 5 nitrogen and oxygen atoms in total. The van der Waals surface area contributed by atoms with Gasteiger partial charge in [0.15, 0.2) is 0 Å². The second-order valence-electron chi connectivity index (χ2n) is 3.82. The highest BCUT2D eigenvalue weighted by atomic mass is 16.3. The van der Waals surface area contributed by atoms with Crippen LogP contribution in [0, 0.1) is 0 Å². The summed E-state index contributed by atoms with van der Waals surface area (Å²) in [7, 11) is 0. The van der Waals surface area contributed by atoms with Crippen LogP contribution in [0.3, 0.4) is 0 Å². The Morgan fingerprint density at radius 1 is 0.947 bits per heavy atom. The van der Waals surface area contributed by atoms with Crippen molar-refractivity contribution >= 4 is 17.3 Å². The Morgan fingerprint density at radius 2 is 1.37 bits per heavy atom. The number of benzene rings is 2. The van der Waals surface area contributed by atoms with Crippen LogP contribution < -0.4 is 11.1 Å². The van der Waals surface area contributed by atoms with Crippen molar-refractivity contribution in [3.63, 3.8) is 0 Å². The Bertz CT molecular complexity index is 500. The summed E-state index contributed by atoms with van der Waals surface area (Å²) in [5, 5.41) is 20.2. The monoisotopic (exact) mass is 260 g/mol. The molecule has 0 heterocycles. The summed E-state index contributed by atoms with van der Waals surface area (Å²) in [5.74, 6) is 0.328. The van der Waals surface area contributed by atoms with E-state index in [9.17, 15) is 4.79 Å². The Kier molecular flexibility index (Phi) is 5.22. The standard InChI is InChI=1S/C8H9NO2.C6H7NO/c1-6(10)9-7-2-4-8(11)5-3-7;7-5-1-3-6(8)4-2-5/h2-5,11H,1H3,(H,9,10);1-4,8H,7H2. The smallest absolute Gasteiger partial charge is 0.221 e. The SMILES string of the molecule is CC(=O)Nc1ccc(O)cc1.Nc1ccc(O)cc1. The van der Waals surface area contributed by atoms with Crippen molar-refractivity contribution in [1.29, 1.82) is 0 Å².